The van der Waals surface area contributed by atoms with Crippen LogP contribution in [0.15, 0.2) is 16.4 Å². The Morgan fingerprint density at radius 1 is 1.60 bits per heavy atom. The summed E-state index contributed by atoms with van der Waals surface area (Å²) in [7, 11) is 0. The number of hydrogen-bond acceptors (Lipinski definition) is 5. The summed E-state index contributed by atoms with van der Waals surface area (Å²) in [6, 6.07) is -0.142. The van der Waals surface area contributed by atoms with Crippen molar-refractivity contribution >= 4 is 22.2 Å². The Labute approximate surface area is 120 Å². The molecule has 0 radical (unpaired) electrons. The molecule has 0 aliphatic rings. The maximum atomic E-state index is 12.3. The number of aromatic nitrogens is 2. The summed E-state index contributed by atoms with van der Waals surface area (Å²) in [4.78, 5) is 29.2. The molecule has 2 aromatic heterocycles. The van der Waals surface area contributed by atoms with Gasteiger partial charge in [-0.1, -0.05) is 6.92 Å². The number of hydrogen-bond donors (Lipinski definition) is 2. The van der Waals surface area contributed by atoms with Crippen LogP contribution in [0.1, 0.15) is 35.8 Å². The van der Waals surface area contributed by atoms with Gasteiger partial charge in [-0.2, -0.15) is 0 Å². The fourth-order valence-electron chi connectivity index (χ4n) is 1.98. The lowest BCUT2D eigenvalue weighted by Gasteiger charge is -2.15. The fourth-order valence-corrected chi connectivity index (χ4v) is 2.81. The van der Waals surface area contributed by atoms with E-state index in [9.17, 15) is 9.59 Å². The summed E-state index contributed by atoms with van der Waals surface area (Å²) < 4.78 is 1.44. The van der Waals surface area contributed by atoms with E-state index in [1.54, 1.807) is 6.92 Å². The predicted molar refractivity (Wildman–Crippen MR) is 77.3 cm³/mol. The van der Waals surface area contributed by atoms with E-state index < -0.39 is 5.91 Å². The zero-order valence-corrected chi connectivity index (χ0v) is 12.2. The average molecular weight is 295 g/mol. The SMILES string of the molecule is CCC(CCO)NC(=O)c1cnc2scc(C)n2c1=O. The third-order valence-corrected chi connectivity index (χ3v) is 4.12. The summed E-state index contributed by atoms with van der Waals surface area (Å²) in [5.41, 5.74) is 0.435. The van der Waals surface area contributed by atoms with Gasteiger partial charge in [-0.25, -0.2) is 4.98 Å². The van der Waals surface area contributed by atoms with Crippen LogP contribution in [0, 0.1) is 6.92 Å². The monoisotopic (exact) mass is 295 g/mol. The van der Waals surface area contributed by atoms with E-state index in [2.05, 4.69) is 10.3 Å². The van der Waals surface area contributed by atoms with Gasteiger partial charge in [0.15, 0.2) is 4.96 Å². The minimum atomic E-state index is -0.442. The van der Waals surface area contributed by atoms with E-state index in [0.29, 0.717) is 17.8 Å². The highest BCUT2D eigenvalue weighted by atomic mass is 32.1. The lowest BCUT2D eigenvalue weighted by molar-refractivity contribution is 0.0927. The number of nitrogens with one attached hydrogen (secondary N) is 1. The number of carbonyl (C=O) groups excluding carboxylic acids is 1. The van der Waals surface area contributed by atoms with E-state index in [1.165, 1.54) is 21.9 Å². The first-order valence-electron chi connectivity index (χ1n) is 6.46. The van der Waals surface area contributed by atoms with Crippen molar-refractivity contribution in [2.75, 3.05) is 6.61 Å². The number of amides is 1. The second-order valence-corrected chi connectivity index (χ2v) is 5.40. The maximum Gasteiger partial charge on any atom is 0.271 e. The number of fused-ring (bicyclic) bond motifs is 1. The lowest BCUT2D eigenvalue weighted by Crippen LogP contribution is -2.38. The number of carbonyl (C=O) groups is 1. The Bertz CT molecular complexity index is 677. The molecule has 0 bridgehead atoms. The largest absolute Gasteiger partial charge is 0.396 e. The van der Waals surface area contributed by atoms with E-state index in [1.807, 2.05) is 12.3 Å². The molecule has 20 heavy (non-hydrogen) atoms. The van der Waals surface area contributed by atoms with Crippen LogP contribution in [0.5, 0.6) is 0 Å². The number of aryl methyl sites for hydroxylation is 1. The van der Waals surface area contributed by atoms with Crippen LogP contribution in [0.25, 0.3) is 4.96 Å². The van der Waals surface area contributed by atoms with Crippen LogP contribution < -0.4 is 10.9 Å². The van der Waals surface area contributed by atoms with Crippen molar-refractivity contribution < 1.29 is 9.90 Å². The van der Waals surface area contributed by atoms with Gasteiger partial charge >= 0.3 is 0 Å². The highest BCUT2D eigenvalue weighted by Crippen LogP contribution is 2.11. The normalized spacial score (nSPS) is 12.6. The smallest absolute Gasteiger partial charge is 0.271 e. The summed E-state index contributed by atoms with van der Waals surface area (Å²) in [5, 5.41) is 13.5. The Balaban J connectivity index is 2.33. The highest BCUT2D eigenvalue weighted by Gasteiger charge is 2.17. The van der Waals surface area contributed by atoms with E-state index in [4.69, 9.17) is 5.11 Å². The molecule has 108 valence electrons. The van der Waals surface area contributed by atoms with Gasteiger partial charge in [0, 0.05) is 29.9 Å². The number of aliphatic hydroxyl groups is 1. The fraction of sp³-hybridized carbons (Fsp3) is 0.462. The summed E-state index contributed by atoms with van der Waals surface area (Å²) in [6.07, 6.45) is 2.48. The van der Waals surface area contributed by atoms with Crippen LogP contribution in [0.2, 0.25) is 0 Å². The molecule has 0 aliphatic heterocycles. The molecular formula is C13H17N3O3S. The zero-order valence-electron chi connectivity index (χ0n) is 11.4. The van der Waals surface area contributed by atoms with E-state index in [-0.39, 0.29) is 23.8 Å². The second kappa shape index (κ2) is 6.15. The van der Waals surface area contributed by atoms with Crippen LogP contribution >= 0.6 is 11.3 Å². The molecule has 2 aromatic rings. The molecule has 0 saturated carbocycles. The van der Waals surface area contributed by atoms with Crippen LogP contribution in [0.4, 0.5) is 0 Å². The van der Waals surface area contributed by atoms with Gasteiger partial charge in [0.25, 0.3) is 11.5 Å². The number of rotatable bonds is 5. The van der Waals surface area contributed by atoms with E-state index >= 15 is 0 Å². The minimum Gasteiger partial charge on any atom is -0.396 e. The number of thiazole rings is 1. The third kappa shape index (κ3) is 2.73. The van der Waals surface area contributed by atoms with Crippen molar-refractivity contribution in [3.8, 4) is 0 Å². The van der Waals surface area contributed by atoms with Crippen LogP contribution in [0.3, 0.4) is 0 Å². The van der Waals surface area contributed by atoms with Gasteiger partial charge in [0.2, 0.25) is 0 Å². The van der Waals surface area contributed by atoms with Crippen molar-refractivity contribution in [1.29, 1.82) is 0 Å². The number of aliphatic hydroxyl groups excluding tert-OH is 1. The average Bonchev–Trinajstić information content (AvgIpc) is 2.81. The molecule has 0 aliphatic carbocycles. The Morgan fingerprint density at radius 3 is 3.00 bits per heavy atom. The van der Waals surface area contributed by atoms with Gasteiger partial charge in [-0.3, -0.25) is 14.0 Å². The van der Waals surface area contributed by atoms with Crippen molar-refractivity contribution in [1.82, 2.24) is 14.7 Å². The summed E-state index contributed by atoms with van der Waals surface area (Å²) in [5.74, 6) is -0.442. The second-order valence-electron chi connectivity index (χ2n) is 4.56. The third-order valence-electron chi connectivity index (χ3n) is 3.17. The predicted octanol–water partition coefficient (Wildman–Crippen LogP) is 0.955. The molecule has 0 aromatic carbocycles. The maximum absolute atomic E-state index is 12.3. The molecule has 2 N–H and O–H groups in total. The minimum absolute atomic E-state index is 0.00130. The van der Waals surface area contributed by atoms with Crippen molar-refractivity contribution in [2.45, 2.75) is 32.7 Å². The molecule has 2 heterocycles. The summed E-state index contributed by atoms with van der Waals surface area (Å²) in [6.45, 7) is 3.71. The van der Waals surface area contributed by atoms with E-state index in [0.717, 1.165) is 5.69 Å². The van der Waals surface area contributed by atoms with Gasteiger partial charge in [-0.15, -0.1) is 11.3 Å². The molecule has 1 unspecified atom stereocenters. The molecule has 0 fully saturated rings. The molecular weight excluding hydrogens is 278 g/mol. The molecule has 1 atom stereocenters. The quantitative estimate of drug-likeness (QED) is 0.860. The van der Waals surface area contributed by atoms with Gasteiger partial charge in [0.1, 0.15) is 5.56 Å². The molecule has 2 rings (SSSR count). The van der Waals surface area contributed by atoms with Gasteiger partial charge in [-0.05, 0) is 19.8 Å². The number of nitrogens with zero attached hydrogens (tertiary/aromatic N) is 2. The first-order valence-corrected chi connectivity index (χ1v) is 7.34. The first kappa shape index (κ1) is 14.7. The standard InChI is InChI=1S/C13H17N3O3S/c1-3-9(4-5-17)15-11(18)10-6-14-13-16(12(10)19)8(2)7-20-13/h6-7,9,17H,3-5H2,1-2H3,(H,15,18). The van der Waals surface area contributed by atoms with Crippen LogP contribution in [-0.4, -0.2) is 33.0 Å². The van der Waals surface area contributed by atoms with Crippen LogP contribution in [-0.2, 0) is 0 Å². The van der Waals surface area contributed by atoms with Gasteiger partial charge in [0.05, 0.1) is 0 Å². The zero-order chi connectivity index (χ0) is 14.7. The Kier molecular flexibility index (Phi) is 4.51. The molecule has 0 spiro atoms. The highest BCUT2D eigenvalue weighted by molar-refractivity contribution is 7.15. The molecule has 6 nitrogen and oxygen atoms in total. The Hall–Kier alpha value is -1.73. The van der Waals surface area contributed by atoms with Crippen molar-refractivity contribution in [3.05, 3.63) is 33.2 Å². The lowest BCUT2D eigenvalue weighted by atomic mass is 10.1. The topological polar surface area (TPSA) is 83.7 Å². The van der Waals surface area contributed by atoms with Crippen molar-refractivity contribution in [2.24, 2.45) is 0 Å². The molecule has 1 amide bonds. The summed E-state index contributed by atoms with van der Waals surface area (Å²) >= 11 is 1.36. The first-order chi connectivity index (χ1) is 9.58. The molecule has 0 saturated heterocycles. The van der Waals surface area contributed by atoms with Crippen molar-refractivity contribution in [3.63, 3.8) is 0 Å². The van der Waals surface area contributed by atoms with Gasteiger partial charge < -0.3 is 10.4 Å². The Morgan fingerprint density at radius 2 is 2.35 bits per heavy atom. The molecule has 7 heteroatoms.